The molecule has 0 aromatic heterocycles. The van der Waals surface area contributed by atoms with Gasteiger partial charge in [-0.15, -0.1) is 0 Å². The first-order valence-corrected chi connectivity index (χ1v) is 6.50. The van der Waals surface area contributed by atoms with E-state index in [2.05, 4.69) is 43.4 Å². The molecule has 2 aliphatic carbocycles. The Hall–Kier alpha value is -0.820. The summed E-state index contributed by atoms with van der Waals surface area (Å²) in [5.74, 6) is 0. The van der Waals surface area contributed by atoms with Crippen molar-refractivity contribution in [2.24, 2.45) is 5.41 Å². The molecule has 3 rings (SSSR count). The van der Waals surface area contributed by atoms with E-state index in [1.807, 2.05) is 0 Å². The fourth-order valence-electron chi connectivity index (χ4n) is 2.86. The van der Waals surface area contributed by atoms with E-state index in [1.165, 1.54) is 25.7 Å². The van der Waals surface area contributed by atoms with Gasteiger partial charge in [-0.05, 0) is 49.1 Å². The van der Waals surface area contributed by atoms with Gasteiger partial charge in [-0.1, -0.05) is 31.2 Å². The van der Waals surface area contributed by atoms with Crippen LogP contribution >= 0.6 is 0 Å². The van der Waals surface area contributed by atoms with Crippen LogP contribution in [0.25, 0.3) is 0 Å². The molecule has 0 bridgehead atoms. The third-order valence-corrected chi connectivity index (χ3v) is 4.62. The molecule has 0 aliphatic heterocycles. The van der Waals surface area contributed by atoms with Gasteiger partial charge in [0.1, 0.15) is 0 Å². The molecule has 1 unspecified atom stereocenters. The minimum Gasteiger partial charge on any atom is -0.310 e. The fraction of sp³-hybridized carbons (Fsp3) is 0.600. The predicted molar refractivity (Wildman–Crippen MR) is 67.6 cm³/mol. The maximum atomic E-state index is 3.83. The van der Waals surface area contributed by atoms with Gasteiger partial charge in [0, 0.05) is 12.1 Å². The lowest BCUT2D eigenvalue weighted by Crippen LogP contribution is -2.41. The molecule has 0 heterocycles. The van der Waals surface area contributed by atoms with Crippen molar-refractivity contribution in [2.45, 2.75) is 51.6 Å². The standard InChI is InChI=1S/C15H21N/c1-11(15(2)7-8-15)16-14-9-12-5-3-4-6-13(12)10-14/h3-6,11,14,16H,7-10H2,1-2H3. The Labute approximate surface area is 98.3 Å². The Morgan fingerprint density at radius 1 is 1.19 bits per heavy atom. The van der Waals surface area contributed by atoms with Gasteiger partial charge in [-0.3, -0.25) is 0 Å². The fourth-order valence-corrected chi connectivity index (χ4v) is 2.86. The number of rotatable bonds is 3. The van der Waals surface area contributed by atoms with Gasteiger partial charge < -0.3 is 5.32 Å². The van der Waals surface area contributed by atoms with Crippen molar-refractivity contribution < 1.29 is 0 Å². The summed E-state index contributed by atoms with van der Waals surface area (Å²) in [7, 11) is 0. The first-order valence-electron chi connectivity index (χ1n) is 6.50. The Morgan fingerprint density at radius 2 is 1.75 bits per heavy atom. The number of hydrogen-bond donors (Lipinski definition) is 1. The van der Waals surface area contributed by atoms with Gasteiger partial charge in [-0.2, -0.15) is 0 Å². The summed E-state index contributed by atoms with van der Waals surface area (Å²) in [6.07, 6.45) is 5.24. The minimum atomic E-state index is 0.592. The number of benzene rings is 1. The molecular weight excluding hydrogens is 194 g/mol. The summed E-state index contributed by atoms with van der Waals surface area (Å²) >= 11 is 0. The van der Waals surface area contributed by atoms with E-state index in [4.69, 9.17) is 0 Å². The van der Waals surface area contributed by atoms with Crippen molar-refractivity contribution in [1.82, 2.24) is 5.32 Å². The summed E-state index contributed by atoms with van der Waals surface area (Å²) in [6, 6.07) is 10.2. The molecule has 0 amide bonds. The highest BCUT2D eigenvalue weighted by Crippen LogP contribution is 2.48. The molecule has 86 valence electrons. The van der Waals surface area contributed by atoms with Gasteiger partial charge >= 0.3 is 0 Å². The van der Waals surface area contributed by atoms with Crippen molar-refractivity contribution in [1.29, 1.82) is 0 Å². The predicted octanol–water partition coefficient (Wildman–Crippen LogP) is 2.93. The van der Waals surface area contributed by atoms with Crippen LogP contribution in [0.3, 0.4) is 0 Å². The average Bonchev–Trinajstić information content (AvgIpc) is 2.90. The third kappa shape index (κ3) is 1.78. The minimum absolute atomic E-state index is 0.592. The molecule has 1 aromatic carbocycles. The van der Waals surface area contributed by atoms with E-state index in [0.29, 0.717) is 17.5 Å². The zero-order valence-corrected chi connectivity index (χ0v) is 10.3. The highest BCUT2D eigenvalue weighted by atomic mass is 15.0. The lowest BCUT2D eigenvalue weighted by molar-refractivity contribution is 0.341. The first kappa shape index (κ1) is 10.3. The summed E-state index contributed by atoms with van der Waals surface area (Å²) in [5.41, 5.74) is 3.69. The summed E-state index contributed by atoms with van der Waals surface area (Å²) in [4.78, 5) is 0. The second-order valence-corrected chi connectivity index (χ2v) is 5.92. The van der Waals surface area contributed by atoms with Gasteiger partial charge in [-0.25, -0.2) is 0 Å². The molecule has 1 aromatic rings. The zero-order valence-electron chi connectivity index (χ0n) is 10.3. The van der Waals surface area contributed by atoms with Crippen LogP contribution in [0.15, 0.2) is 24.3 Å². The summed E-state index contributed by atoms with van der Waals surface area (Å²) in [6.45, 7) is 4.77. The zero-order chi connectivity index (χ0) is 11.2. The molecule has 1 N–H and O–H groups in total. The van der Waals surface area contributed by atoms with Crippen LogP contribution < -0.4 is 5.32 Å². The van der Waals surface area contributed by atoms with Crippen LogP contribution in [0.4, 0.5) is 0 Å². The number of nitrogens with one attached hydrogen (secondary N) is 1. The van der Waals surface area contributed by atoms with Crippen LogP contribution in [0.1, 0.15) is 37.8 Å². The second-order valence-electron chi connectivity index (χ2n) is 5.92. The van der Waals surface area contributed by atoms with Crippen LogP contribution in [-0.2, 0) is 12.8 Å². The number of hydrogen-bond acceptors (Lipinski definition) is 1. The van der Waals surface area contributed by atoms with E-state index in [9.17, 15) is 0 Å². The van der Waals surface area contributed by atoms with Gasteiger partial charge in [0.2, 0.25) is 0 Å². The smallest absolute Gasteiger partial charge is 0.0151 e. The topological polar surface area (TPSA) is 12.0 Å². The van der Waals surface area contributed by atoms with Crippen molar-refractivity contribution in [2.75, 3.05) is 0 Å². The third-order valence-electron chi connectivity index (χ3n) is 4.62. The molecule has 0 spiro atoms. The van der Waals surface area contributed by atoms with Crippen LogP contribution in [-0.4, -0.2) is 12.1 Å². The largest absolute Gasteiger partial charge is 0.310 e. The molecule has 16 heavy (non-hydrogen) atoms. The molecule has 0 radical (unpaired) electrons. The molecule has 1 nitrogen and oxygen atoms in total. The molecule has 1 atom stereocenters. The van der Waals surface area contributed by atoms with Crippen molar-refractivity contribution in [3.63, 3.8) is 0 Å². The molecule has 1 heteroatoms. The van der Waals surface area contributed by atoms with Gasteiger partial charge in [0.25, 0.3) is 0 Å². The second kappa shape index (κ2) is 3.59. The Bertz CT molecular complexity index is 367. The van der Waals surface area contributed by atoms with E-state index in [1.54, 1.807) is 11.1 Å². The van der Waals surface area contributed by atoms with E-state index in [-0.39, 0.29) is 0 Å². The van der Waals surface area contributed by atoms with Crippen molar-refractivity contribution >= 4 is 0 Å². The molecular formula is C15H21N. The highest BCUT2D eigenvalue weighted by molar-refractivity contribution is 5.33. The summed E-state index contributed by atoms with van der Waals surface area (Å²) in [5, 5.41) is 3.83. The maximum absolute atomic E-state index is 3.83. The Morgan fingerprint density at radius 3 is 2.25 bits per heavy atom. The quantitative estimate of drug-likeness (QED) is 0.817. The highest BCUT2D eigenvalue weighted by Gasteiger charge is 2.43. The lowest BCUT2D eigenvalue weighted by Gasteiger charge is -2.24. The monoisotopic (exact) mass is 215 g/mol. The molecule has 0 saturated heterocycles. The average molecular weight is 215 g/mol. The van der Waals surface area contributed by atoms with Crippen LogP contribution in [0, 0.1) is 5.41 Å². The first-order chi connectivity index (χ1) is 7.67. The van der Waals surface area contributed by atoms with Crippen LogP contribution in [0.2, 0.25) is 0 Å². The van der Waals surface area contributed by atoms with Crippen molar-refractivity contribution in [3.05, 3.63) is 35.4 Å². The van der Waals surface area contributed by atoms with Gasteiger partial charge in [0.15, 0.2) is 0 Å². The van der Waals surface area contributed by atoms with E-state index < -0.39 is 0 Å². The lowest BCUT2D eigenvalue weighted by atomic mass is 9.99. The molecule has 1 fully saturated rings. The maximum Gasteiger partial charge on any atom is 0.0151 e. The number of fused-ring (bicyclic) bond motifs is 1. The SMILES string of the molecule is CC(NC1Cc2ccccc2C1)C1(C)CC1. The van der Waals surface area contributed by atoms with Gasteiger partial charge in [0.05, 0.1) is 0 Å². The van der Waals surface area contributed by atoms with Crippen molar-refractivity contribution in [3.8, 4) is 0 Å². The van der Waals surface area contributed by atoms with Crippen LogP contribution in [0.5, 0.6) is 0 Å². The van der Waals surface area contributed by atoms with E-state index >= 15 is 0 Å². The normalized spacial score (nSPS) is 24.1. The molecule has 1 saturated carbocycles. The Balaban J connectivity index is 1.64. The molecule has 2 aliphatic rings. The Kier molecular flexibility index (Phi) is 2.32. The summed E-state index contributed by atoms with van der Waals surface area (Å²) < 4.78 is 0. The van der Waals surface area contributed by atoms with E-state index in [0.717, 1.165) is 0 Å².